The summed E-state index contributed by atoms with van der Waals surface area (Å²) in [4.78, 5) is 0. The lowest BCUT2D eigenvalue weighted by molar-refractivity contribution is 0.861. The summed E-state index contributed by atoms with van der Waals surface area (Å²) < 4.78 is 1.12. The fourth-order valence-corrected chi connectivity index (χ4v) is 0.530. The second-order valence-electron chi connectivity index (χ2n) is 2.45. The number of hydrogen-bond acceptors (Lipinski definition) is 1. The van der Waals surface area contributed by atoms with Crippen molar-refractivity contribution in [3.05, 3.63) is 22.2 Å². The molecule has 0 aromatic rings. The summed E-state index contributed by atoms with van der Waals surface area (Å²) in [6.45, 7) is 5.99. The Hall–Kier alpha value is -0.0800. The van der Waals surface area contributed by atoms with Gasteiger partial charge in [-0.25, -0.2) is 0 Å². The first-order chi connectivity index (χ1) is 4.54. The van der Waals surface area contributed by atoms with Crippen molar-refractivity contribution in [2.24, 2.45) is 5.73 Å². The van der Waals surface area contributed by atoms with E-state index in [1.54, 1.807) is 0 Å². The zero-order valence-electron chi connectivity index (χ0n) is 6.69. The number of rotatable bonds is 2. The predicted octanol–water partition coefficient (Wildman–Crippen LogP) is 2.58. The van der Waals surface area contributed by atoms with E-state index in [1.165, 1.54) is 5.57 Å². The molecule has 2 heteroatoms. The summed E-state index contributed by atoms with van der Waals surface area (Å²) in [5, 5.41) is 0. The molecular formula is C8H14BrN. The molecular weight excluding hydrogens is 190 g/mol. The van der Waals surface area contributed by atoms with Gasteiger partial charge in [0.05, 0.1) is 0 Å². The van der Waals surface area contributed by atoms with Gasteiger partial charge in [-0.2, -0.15) is 0 Å². The highest BCUT2D eigenvalue weighted by atomic mass is 79.9. The van der Waals surface area contributed by atoms with E-state index in [1.807, 2.05) is 32.9 Å². The van der Waals surface area contributed by atoms with E-state index in [0.717, 1.165) is 4.48 Å². The molecule has 0 saturated heterocycles. The van der Waals surface area contributed by atoms with Crippen LogP contribution in [0.5, 0.6) is 0 Å². The molecule has 0 aliphatic heterocycles. The van der Waals surface area contributed by atoms with Crippen molar-refractivity contribution < 1.29 is 0 Å². The lowest BCUT2D eigenvalue weighted by atomic mass is 10.1. The third-order valence-electron chi connectivity index (χ3n) is 1.29. The Bertz CT molecular complexity index is 153. The van der Waals surface area contributed by atoms with Crippen LogP contribution < -0.4 is 5.73 Å². The Morgan fingerprint density at radius 2 is 1.90 bits per heavy atom. The Morgan fingerprint density at radius 3 is 2.20 bits per heavy atom. The highest BCUT2D eigenvalue weighted by molar-refractivity contribution is 9.11. The fourth-order valence-electron chi connectivity index (χ4n) is 0.398. The molecule has 0 aliphatic rings. The molecule has 0 fully saturated rings. The van der Waals surface area contributed by atoms with E-state index in [9.17, 15) is 0 Å². The summed E-state index contributed by atoms with van der Waals surface area (Å²) in [5.41, 5.74) is 6.80. The summed E-state index contributed by atoms with van der Waals surface area (Å²) in [5.74, 6) is 0. The molecule has 0 aromatic heterocycles. The lowest BCUT2D eigenvalue weighted by Gasteiger charge is -2.02. The topological polar surface area (TPSA) is 26.0 Å². The van der Waals surface area contributed by atoms with Gasteiger partial charge in [-0.1, -0.05) is 33.7 Å². The first-order valence-electron chi connectivity index (χ1n) is 3.30. The van der Waals surface area contributed by atoms with E-state index in [4.69, 9.17) is 5.73 Å². The first-order valence-corrected chi connectivity index (χ1v) is 4.09. The molecule has 0 rings (SSSR count). The van der Waals surface area contributed by atoms with Gasteiger partial charge in [-0.05, 0) is 25.3 Å². The average Bonchev–Trinajstić information content (AvgIpc) is 1.82. The summed E-state index contributed by atoms with van der Waals surface area (Å²) in [6.07, 6.45) is 4.02. The SMILES string of the molecule is CC(Br)=CC=C(C)C(C)N. The predicted molar refractivity (Wildman–Crippen MR) is 50.1 cm³/mol. The fraction of sp³-hybridized carbons (Fsp3) is 0.500. The third-order valence-corrected chi connectivity index (χ3v) is 1.56. The van der Waals surface area contributed by atoms with Crippen molar-refractivity contribution in [2.75, 3.05) is 0 Å². The summed E-state index contributed by atoms with van der Waals surface area (Å²) >= 11 is 3.33. The van der Waals surface area contributed by atoms with Crippen LogP contribution in [0.25, 0.3) is 0 Å². The standard InChI is InChI=1S/C8H14BrN/c1-6(8(3)10)4-5-7(2)9/h4-5,8H,10H2,1-3H3. The van der Waals surface area contributed by atoms with Crippen molar-refractivity contribution in [3.8, 4) is 0 Å². The lowest BCUT2D eigenvalue weighted by Crippen LogP contribution is -2.15. The largest absolute Gasteiger partial charge is 0.324 e. The van der Waals surface area contributed by atoms with E-state index in [0.29, 0.717) is 0 Å². The van der Waals surface area contributed by atoms with Gasteiger partial charge in [0.2, 0.25) is 0 Å². The van der Waals surface area contributed by atoms with Crippen LogP contribution in [-0.2, 0) is 0 Å². The van der Waals surface area contributed by atoms with Gasteiger partial charge in [0.25, 0.3) is 0 Å². The van der Waals surface area contributed by atoms with E-state index in [2.05, 4.69) is 15.9 Å². The van der Waals surface area contributed by atoms with Gasteiger partial charge in [0, 0.05) is 6.04 Å². The van der Waals surface area contributed by atoms with Crippen molar-refractivity contribution >= 4 is 15.9 Å². The minimum absolute atomic E-state index is 0.156. The van der Waals surface area contributed by atoms with Gasteiger partial charge in [-0.15, -0.1) is 0 Å². The molecule has 58 valence electrons. The Morgan fingerprint density at radius 1 is 1.40 bits per heavy atom. The number of hydrogen-bond donors (Lipinski definition) is 1. The molecule has 0 amide bonds. The van der Waals surface area contributed by atoms with Crippen molar-refractivity contribution in [3.63, 3.8) is 0 Å². The van der Waals surface area contributed by atoms with Crippen LogP contribution in [0.2, 0.25) is 0 Å². The average molecular weight is 204 g/mol. The van der Waals surface area contributed by atoms with Crippen LogP contribution in [0.3, 0.4) is 0 Å². The van der Waals surface area contributed by atoms with Crippen LogP contribution in [0, 0.1) is 0 Å². The van der Waals surface area contributed by atoms with E-state index >= 15 is 0 Å². The Kier molecular flexibility index (Phi) is 4.65. The number of halogens is 1. The van der Waals surface area contributed by atoms with Crippen LogP contribution in [0.15, 0.2) is 22.2 Å². The quantitative estimate of drug-likeness (QED) is 0.687. The second-order valence-corrected chi connectivity index (χ2v) is 3.70. The number of nitrogens with two attached hydrogens (primary N) is 1. The molecule has 1 atom stereocenters. The highest BCUT2D eigenvalue weighted by Gasteiger charge is 1.92. The Balaban J connectivity index is 4.05. The minimum Gasteiger partial charge on any atom is -0.324 e. The zero-order chi connectivity index (χ0) is 8.15. The molecule has 0 aromatic carbocycles. The van der Waals surface area contributed by atoms with Crippen LogP contribution in [0.1, 0.15) is 20.8 Å². The molecule has 0 bridgehead atoms. The molecule has 2 N–H and O–H groups in total. The van der Waals surface area contributed by atoms with Gasteiger partial charge in [-0.3, -0.25) is 0 Å². The van der Waals surface area contributed by atoms with Gasteiger partial charge < -0.3 is 5.73 Å². The van der Waals surface area contributed by atoms with E-state index in [-0.39, 0.29) is 6.04 Å². The maximum Gasteiger partial charge on any atom is 0.0225 e. The highest BCUT2D eigenvalue weighted by Crippen LogP contribution is 2.04. The molecule has 1 unspecified atom stereocenters. The van der Waals surface area contributed by atoms with Crippen LogP contribution >= 0.6 is 15.9 Å². The molecule has 10 heavy (non-hydrogen) atoms. The van der Waals surface area contributed by atoms with E-state index < -0.39 is 0 Å². The molecule has 0 heterocycles. The molecule has 0 spiro atoms. The second kappa shape index (κ2) is 4.69. The van der Waals surface area contributed by atoms with Gasteiger partial charge in [0.15, 0.2) is 0 Å². The van der Waals surface area contributed by atoms with Crippen LogP contribution in [0.4, 0.5) is 0 Å². The number of allylic oxidation sites excluding steroid dienone is 3. The first kappa shape index (κ1) is 9.92. The normalized spacial score (nSPS) is 17.3. The maximum absolute atomic E-state index is 5.61. The van der Waals surface area contributed by atoms with Gasteiger partial charge >= 0.3 is 0 Å². The maximum atomic E-state index is 5.61. The van der Waals surface area contributed by atoms with Crippen molar-refractivity contribution in [1.29, 1.82) is 0 Å². The third kappa shape index (κ3) is 4.77. The van der Waals surface area contributed by atoms with Crippen molar-refractivity contribution in [1.82, 2.24) is 0 Å². The van der Waals surface area contributed by atoms with Gasteiger partial charge in [0.1, 0.15) is 0 Å². The van der Waals surface area contributed by atoms with Crippen molar-refractivity contribution in [2.45, 2.75) is 26.8 Å². The summed E-state index contributed by atoms with van der Waals surface area (Å²) in [7, 11) is 0. The zero-order valence-corrected chi connectivity index (χ0v) is 8.27. The minimum atomic E-state index is 0.156. The molecule has 0 saturated carbocycles. The summed E-state index contributed by atoms with van der Waals surface area (Å²) in [6, 6.07) is 0.156. The smallest absolute Gasteiger partial charge is 0.0225 e. The monoisotopic (exact) mass is 203 g/mol. The molecule has 1 nitrogen and oxygen atoms in total. The molecule has 0 radical (unpaired) electrons. The molecule has 0 aliphatic carbocycles. The van der Waals surface area contributed by atoms with Crippen LogP contribution in [-0.4, -0.2) is 6.04 Å². The Labute approximate surface area is 71.1 Å².